The van der Waals surface area contributed by atoms with E-state index in [4.69, 9.17) is 45.0 Å². The van der Waals surface area contributed by atoms with Gasteiger partial charge in [-0.3, -0.25) is 51.4 Å². The molecule has 0 aromatic carbocycles. The molecule has 404 valence electrons. The standard InChI is InChI=1S/C31H40FN15O23P4/c1-44-8-47(24-15(44)26(53)43-31(35)41-24)29-19(51)17(49)10(66-29)3-63-72(56,57)69-74(60,61)70-73(58,59)64-4-11-20(12(32)27(67-11)45-6-38-13-21(33)36-5-37-22(13)45)68-71(54,55)62-2-9-16(48)18(50)28(65-9)46-7-39-14-23(46)40-30(34)42-25(14)52/h5-12,16-20,27-29,48-51H,2-4H2,1H3,(H11-,33,34,35,36,37,40,41,42,43,52,53,54,55,56,57,58,59,60,61)/p+1/t9-,10-,11-,12-,16-,17-,18-,19-,20-,27-,28-,29-/m1/s1. The average molecular weight is 1130 g/mol. The quantitative estimate of drug-likeness (QED) is 0.0285. The third-order valence-electron chi connectivity index (χ3n) is 11.3. The van der Waals surface area contributed by atoms with Gasteiger partial charge in [0.05, 0.1) is 39.5 Å². The summed E-state index contributed by atoms with van der Waals surface area (Å²) >= 11 is 0. The molecular formula is C31H41FN15O23P4+. The first-order chi connectivity index (χ1) is 34.6. The van der Waals surface area contributed by atoms with Crippen LogP contribution in [-0.2, 0) is 66.2 Å². The molecular weight excluding hydrogens is 1090 g/mol. The molecule has 0 bridgehead atoms. The maximum atomic E-state index is 16.5. The maximum Gasteiger partial charge on any atom is 0.490 e. The number of anilines is 3. The van der Waals surface area contributed by atoms with Crippen LogP contribution in [0, 0.1) is 0 Å². The van der Waals surface area contributed by atoms with E-state index in [1.807, 2.05) is 0 Å². The van der Waals surface area contributed by atoms with Crippen LogP contribution >= 0.6 is 31.3 Å². The molecule has 0 radical (unpaired) electrons. The Bertz CT molecular complexity index is 3450. The number of nitrogens with one attached hydrogen (secondary N) is 2. The van der Waals surface area contributed by atoms with Crippen LogP contribution in [0.3, 0.4) is 0 Å². The van der Waals surface area contributed by atoms with Gasteiger partial charge in [0, 0.05) is 0 Å². The number of phosphoric acid groups is 4. The van der Waals surface area contributed by atoms with Crippen molar-refractivity contribution in [2.45, 2.75) is 73.7 Å². The van der Waals surface area contributed by atoms with E-state index in [-0.39, 0.29) is 51.2 Å². The molecule has 43 heteroatoms. The van der Waals surface area contributed by atoms with E-state index in [2.05, 4.69) is 53.0 Å². The predicted octanol–water partition coefficient (Wildman–Crippen LogP) is -4.39. The highest BCUT2D eigenvalue weighted by molar-refractivity contribution is 7.66. The van der Waals surface area contributed by atoms with Gasteiger partial charge >= 0.3 is 36.9 Å². The summed E-state index contributed by atoms with van der Waals surface area (Å²) in [7, 11) is -22.3. The average Bonchev–Trinajstić information content (AvgIpc) is 4.15. The topological polar surface area (TPSA) is 553 Å². The Kier molecular flexibility index (Phi) is 14.3. The van der Waals surface area contributed by atoms with Crippen LogP contribution in [0.2, 0.25) is 0 Å². The van der Waals surface area contributed by atoms with E-state index in [0.717, 1.165) is 32.7 Å². The van der Waals surface area contributed by atoms with Crippen molar-refractivity contribution >= 4 is 82.5 Å². The summed E-state index contributed by atoms with van der Waals surface area (Å²) in [5.41, 5.74) is 14.9. The van der Waals surface area contributed by atoms with Crippen LogP contribution in [0.4, 0.5) is 22.1 Å². The Morgan fingerprint density at radius 1 is 0.689 bits per heavy atom. The van der Waals surface area contributed by atoms with E-state index in [9.17, 15) is 67.8 Å². The molecule has 0 amide bonds. The number of rotatable bonds is 18. The second-order valence-electron chi connectivity index (χ2n) is 16.2. The molecule has 3 aliphatic heterocycles. The Labute approximate surface area is 407 Å². The molecule has 6 aromatic rings. The van der Waals surface area contributed by atoms with Crippen LogP contribution in [0.25, 0.3) is 33.5 Å². The van der Waals surface area contributed by atoms with Crippen molar-refractivity contribution in [2.75, 3.05) is 37.0 Å². The summed E-state index contributed by atoms with van der Waals surface area (Å²) < 4.78 is 118. The van der Waals surface area contributed by atoms with Gasteiger partial charge in [0.25, 0.3) is 17.1 Å². The number of nitrogens with zero attached hydrogens (tertiary/aromatic N) is 10. The SMILES string of the molecule is Cn1c[n+]([C@@H]2O[C@H](COP(=O)(O)OP(=O)(O)OP(=O)(O)OC[C@H]3O[C@@H](n4cnc5c(N)ncnc54)[C@H](F)[C@@H]3OP(=O)(O)OC[C@H]3O[C@@H](n4cnc5c(=O)[nH]c(N)nc54)[C@H](O)[C@@H]3O)[C@@H](O)[C@H]2O)c2nc(N)[nH]c(=O)c21. The number of imidazole rings is 3. The lowest BCUT2D eigenvalue weighted by Gasteiger charge is -2.24. The first-order valence-electron chi connectivity index (χ1n) is 20.7. The third kappa shape index (κ3) is 10.5. The Balaban J connectivity index is 0.850. The number of aryl methyl sites for hydroxylation is 1. The number of nitrogens with two attached hydrogens (primary N) is 3. The van der Waals surface area contributed by atoms with Crippen molar-refractivity contribution in [3.05, 3.63) is 46.0 Å². The van der Waals surface area contributed by atoms with E-state index in [1.54, 1.807) is 0 Å². The van der Waals surface area contributed by atoms with E-state index in [1.165, 1.54) is 17.9 Å². The van der Waals surface area contributed by atoms with Gasteiger partial charge in [0.1, 0.15) is 60.7 Å². The number of halogens is 1. The second-order valence-corrected chi connectivity index (χ2v) is 22.3. The first kappa shape index (κ1) is 53.6. The Morgan fingerprint density at radius 2 is 1.24 bits per heavy atom. The molecule has 6 aromatic heterocycles. The number of phosphoric ester groups is 3. The molecule has 9 heterocycles. The molecule has 3 fully saturated rings. The fourth-order valence-electron chi connectivity index (χ4n) is 8.02. The molecule has 16 atom stereocenters. The normalized spacial score (nSPS) is 30.7. The fraction of sp³-hybridized carbons (Fsp3) is 0.516. The summed E-state index contributed by atoms with van der Waals surface area (Å²) in [6.45, 7) is -3.68. The molecule has 16 N–H and O–H groups in total. The van der Waals surface area contributed by atoms with Crippen LogP contribution in [-0.4, -0.2) is 168 Å². The van der Waals surface area contributed by atoms with Crippen LogP contribution < -0.4 is 32.9 Å². The minimum atomic E-state index is -6.25. The number of alkyl halides is 1. The van der Waals surface area contributed by atoms with Crippen molar-refractivity contribution in [1.82, 2.24) is 53.6 Å². The lowest BCUT2D eigenvalue weighted by molar-refractivity contribution is -0.745. The highest BCUT2D eigenvalue weighted by atomic mass is 31.3. The van der Waals surface area contributed by atoms with Gasteiger partial charge in [-0.1, -0.05) is 4.98 Å². The van der Waals surface area contributed by atoms with Gasteiger partial charge in [0.2, 0.25) is 17.7 Å². The molecule has 74 heavy (non-hydrogen) atoms. The highest BCUT2D eigenvalue weighted by Gasteiger charge is 2.54. The maximum absolute atomic E-state index is 16.5. The predicted molar refractivity (Wildman–Crippen MR) is 233 cm³/mol. The number of fused-ring (bicyclic) bond motifs is 3. The van der Waals surface area contributed by atoms with E-state index < -0.39 is 136 Å². The first-order valence-corrected chi connectivity index (χ1v) is 26.7. The van der Waals surface area contributed by atoms with Crippen molar-refractivity contribution in [1.29, 1.82) is 0 Å². The number of nitrogen functional groups attached to an aromatic ring is 3. The molecule has 3 saturated heterocycles. The zero-order valence-corrected chi connectivity index (χ0v) is 40.5. The number of aromatic amines is 2. The third-order valence-corrected chi connectivity index (χ3v) is 16.5. The van der Waals surface area contributed by atoms with Gasteiger partial charge in [-0.25, -0.2) is 47.2 Å². The number of ether oxygens (including phenoxy) is 3. The van der Waals surface area contributed by atoms with Gasteiger partial charge in [-0.15, -0.1) is 0 Å². The lowest BCUT2D eigenvalue weighted by atomic mass is 10.1. The largest absolute Gasteiger partial charge is 0.490 e. The Hall–Kier alpha value is -5.18. The van der Waals surface area contributed by atoms with Crippen molar-refractivity contribution in [3.8, 4) is 0 Å². The molecule has 38 nitrogen and oxygen atoms in total. The van der Waals surface area contributed by atoms with Crippen molar-refractivity contribution < 1.29 is 108 Å². The monoisotopic (exact) mass is 1130 g/mol. The number of hydrogen-bond acceptors (Lipinski definition) is 28. The van der Waals surface area contributed by atoms with Crippen LogP contribution in [0.15, 0.2) is 34.9 Å². The summed E-state index contributed by atoms with van der Waals surface area (Å²) in [6, 6.07) is 0. The minimum Gasteiger partial charge on any atom is -0.387 e. The molecule has 0 saturated carbocycles. The number of H-pyrrole nitrogens is 2. The van der Waals surface area contributed by atoms with Gasteiger partial charge in [0.15, 0.2) is 47.6 Å². The summed E-state index contributed by atoms with van der Waals surface area (Å²) in [5.74, 6) is -0.835. The zero-order chi connectivity index (χ0) is 53.6. The highest BCUT2D eigenvalue weighted by Crippen LogP contribution is 2.68. The smallest absolute Gasteiger partial charge is 0.387 e. The fourth-order valence-corrected chi connectivity index (χ4v) is 12.5. The minimum absolute atomic E-state index is 0.0358. The molecule has 9 rings (SSSR count). The van der Waals surface area contributed by atoms with Crippen LogP contribution in [0.5, 0.6) is 0 Å². The second kappa shape index (κ2) is 19.8. The van der Waals surface area contributed by atoms with Gasteiger partial charge < -0.3 is 71.4 Å². The Morgan fingerprint density at radius 3 is 1.92 bits per heavy atom. The number of aliphatic hydroxyl groups is 4. The zero-order valence-electron chi connectivity index (χ0n) is 36.9. The molecule has 0 spiro atoms. The number of aliphatic hydroxyl groups excluding tert-OH is 4. The molecule has 4 unspecified atom stereocenters. The van der Waals surface area contributed by atoms with Gasteiger partial charge in [-0.05, 0) is 0 Å². The summed E-state index contributed by atoms with van der Waals surface area (Å²) in [6.07, 6.45) is -18.6. The van der Waals surface area contributed by atoms with Crippen molar-refractivity contribution in [2.24, 2.45) is 7.05 Å². The molecule has 3 aliphatic rings. The number of hydrogen-bond donors (Lipinski definition) is 13. The summed E-state index contributed by atoms with van der Waals surface area (Å²) in [5, 5.41) is 43.0. The molecule has 0 aliphatic carbocycles. The van der Waals surface area contributed by atoms with E-state index in [0.29, 0.717) is 0 Å². The lowest BCUT2D eigenvalue weighted by Crippen LogP contribution is -2.46. The van der Waals surface area contributed by atoms with Crippen LogP contribution in [0.1, 0.15) is 18.7 Å². The van der Waals surface area contributed by atoms with Crippen molar-refractivity contribution in [3.63, 3.8) is 0 Å². The summed E-state index contributed by atoms with van der Waals surface area (Å²) in [4.78, 5) is 94.6. The van der Waals surface area contributed by atoms with Gasteiger partial charge in [-0.2, -0.15) is 13.6 Å². The number of aromatic nitrogens is 12. The van der Waals surface area contributed by atoms with E-state index >= 15 is 4.39 Å².